The van der Waals surface area contributed by atoms with Crippen molar-refractivity contribution in [3.63, 3.8) is 0 Å². The molecule has 1 fully saturated rings. The molecule has 3 aromatic rings. The Bertz CT molecular complexity index is 1270. The van der Waals surface area contributed by atoms with Crippen LogP contribution in [0.1, 0.15) is 22.2 Å². The topological polar surface area (TPSA) is 94.8 Å². The van der Waals surface area contributed by atoms with E-state index in [1.54, 1.807) is 24.4 Å². The highest BCUT2D eigenvalue weighted by Crippen LogP contribution is 2.40. The zero-order chi connectivity index (χ0) is 25.4. The third kappa shape index (κ3) is 4.46. The summed E-state index contributed by atoms with van der Waals surface area (Å²) in [7, 11) is 2.99. The first-order valence-corrected chi connectivity index (χ1v) is 11.1. The molecule has 1 atom stereocenters. The van der Waals surface area contributed by atoms with Gasteiger partial charge in [0.1, 0.15) is 12.7 Å². The second kappa shape index (κ2) is 9.39. The van der Waals surface area contributed by atoms with E-state index in [4.69, 9.17) is 19.2 Å². The second-order valence-corrected chi connectivity index (χ2v) is 8.27. The normalized spacial score (nSPS) is 18.4. The summed E-state index contributed by atoms with van der Waals surface area (Å²) in [5, 5.41) is 3.83. The molecule has 1 amide bonds. The van der Waals surface area contributed by atoms with E-state index in [0.717, 1.165) is 4.68 Å². The number of ether oxygens (including phenoxy) is 3. The molecule has 2 aliphatic heterocycles. The van der Waals surface area contributed by atoms with Gasteiger partial charge in [0, 0.05) is 31.0 Å². The van der Waals surface area contributed by atoms with Crippen LogP contribution < -0.4 is 14.4 Å². The Balaban J connectivity index is 1.56. The van der Waals surface area contributed by atoms with E-state index in [1.165, 1.54) is 31.5 Å². The molecule has 1 unspecified atom stereocenters. The third-order valence-corrected chi connectivity index (χ3v) is 6.02. The number of anilines is 1. The lowest BCUT2D eigenvalue weighted by atomic mass is 10.1. The van der Waals surface area contributed by atoms with Gasteiger partial charge in [0.25, 0.3) is 11.8 Å². The van der Waals surface area contributed by atoms with Gasteiger partial charge in [-0.05, 0) is 18.2 Å². The molecule has 5 heterocycles. The molecule has 10 nitrogen and oxygen atoms in total. The molecule has 0 saturated carbocycles. The van der Waals surface area contributed by atoms with Gasteiger partial charge in [0.15, 0.2) is 5.75 Å². The molecule has 2 aliphatic rings. The number of carbonyl (C=O) groups excluding carboxylic acids is 1. The van der Waals surface area contributed by atoms with Crippen molar-refractivity contribution in [3.8, 4) is 22.9 Å². The molecule has 0 spiro atoms. The van der Waals surface area contributed by atoms with Gasteiger partial charge in [0.2, 0.25) is 0 Å². The van der Waals surface area contributed by atoms with E-state index in [9.17, 15) is 18.0 Å². The monoisotopic (exact) mass is 504 g/mol. The van der Waals surface area contributed by atoms with Gasteiger partial charge in [-0.3, -0.25) is 19.3 Å². The number of alkyl halides is 3. The summed E-state index contributed by atoms with van der Waals surface area (Å²) in [5.74, 6) is 0.389. The predicted molar refractivity (Wildman–Crippen MR) is 121 cm³/mol. The van der Waals surface area contributed by atoms with Crippen LogP contribution >= 0.6 is 0 Å². The standard InChI is InChI=1S/C23H23F3N6O4/c1-34-18-9-14(10-27-20(18)35-2)17-4-3-16-19(29-17)21(30-5-7-36-8-6-30)32(22(16)33)15-11-28-31(12-15)13-23(24,25)26/h3-4,9-12,21H,5-8,13H2,1-2H3. The van der Waals surface area contributed by atoms with Crippen LogP contribution in [0, 0.1) is 0 Å². The second-order valence-electron chi connectivity index (χ2n) is 8.27. The number of carbonyl (C=O) groups is 1. The average molecular weight is 504 g/mol. The summed E-state index contributed by atoms with van der Waals surface area (Å²) < 4.78 is 55.5. The van der Waals surface area contributed by atoms with Crippen molar-refractivity contribution in [2.45, 2.75) is 18.9 Å². The van der Waals surface area contributed by atoms with E-state index in [-0.39, 0.29) is 11.6 Å². The highest BCUT2D eigenvalue weighted by atomic mass is 19.4. The molecule has 3 aromatic heterocycles. The van der Waals surface area contributed by atoms with E-state index >= 15 is 0 Å². The van der Waals surface area contributed by atoms with E-state index in [1.807, 2.05) is 4.90 Å². The SMILES string of the molecule is COc1cc(-c2ccc3c(n2)C(N2CCOCC2)N(c2cnn(CC(F)(F)F)c2)C3=O)cnc1OC. The Morgan fingerprint density at radius 2 is 1.92 bits per heavy atom. The molecular weight excluding hydrogens is 481 g/mol. The number of methoxy groups -OCH3 is 2. The summed E-state index contributed by atoms with van der Waals surface area (Å²) in [6.45, 7) is 0.711. The summed E-state index contributed by atoms with van der Waals surface area (Å²) in [5.41, 5.74) is 2.33. The maximum absolute atomic E-state index is 13.5. The largest absolute Gasteiger partial charge is 0.491 e. The van der Waals surface area contributed by atoms with Gasteiger partial charge in [-0.15, -0.1) is 0 Å². The molecule has 0 aliphatic carbocycles. The fraction of sp³-hybridized carbons (Fsp3) is 0.391. The van der Waals surface area contributed by atoms with E-state index < -0.39 is 18.9 Å². The number of morpholine rings is 1. The number of pyridine rings is 2. The smallest absolute Gasteiger partial charge is 0.408 e. The summed E-state index contributed by atoms with van der Waals surface area (Å²) in [4.78, 5) is 26.0. The molecule has 190 valence electrons. The molecule has 1 saturated heterocycles. The Labute approximate surface area is 204 Å². The van der Waals surface area contributed by atoms with Crippen LogP contribution in [0.5, 0.6) is 11.6 Å². The average Bonchev–Trinajstić information content (AvgIpc) is 3.44. The molecular formula is C23H23F3N6O4. The number of fused-ring (bicyclic) bond motifs is 1. The van der Waals surface area contributed by atoms with Crippen molar-refractivity contribution in [3.05, 3.63) is 48.0 Å². The highest BCUT2D eigenvalue weighted by Gasteiger charge is 2.44. The zero-order valence-electron chi connectivity index (χ0n) is 19.5. The lowest BCUT2D eigenvalue weighted by Crippen LogP contribution is -2.45. The minimum absolute atomic E-state index is 0.257. The van der Waals surface area contributed by atoms with Crippen molar-refractivity contribution in [2.24, 2.45) is 0 Å². The van der Waals surface area contributed by atoms with Gasteiger partial charge in [0.05, 0.1) is 56.3 Å². The maximum Gasteiger partial charge on any atom is 0.408 e. The quantitative estimate of drug-likeness (QED) is 0.506. The summed E-state index contributed by atoms with van der Waals surface area (Å²) in [6, 6.07) is 5.11. The van der Waals surface area contributed by atoms with Gasteiger partial charge >= 0.3 is 6.18 Å². The maximum atomic E-state index is 13.5. The van der Waals surface area contributed by atoms with Crippen molar-refractivity contribution in [1.29, 1.82) is 0 Å². The van der Waals surface area contributed by atoms with Gasteiger partial charge in [-0.2, -0.15) is 18.3 Å². The Morgan fingerprint density at radius 1 is 1.14 bits per heavy atom. The first-order chi connectivity index (χ1) is 17.3. The number of halogens is 3. The van der Waals surface area contributed by atoms with Crippen LogP contribution in [0.2, 0.25) is 0 Å². The Morgan fingerprint density at radius 3 is 2.61 bits per heavy atom. The number of hydrogen-bond acceptors (Lipinski definition) is 8. The first kappa shape index (κ1) is 24.0. The van der Waals surface area contributed by atoms with Crippen LogP contribution in [0.15, 0.2) is 36.8 Å². The molecule has 0 aromatic carbocycles. The van der Waals surface area contributed by atoms with Crippen LogP contribution in [0.25, 0.3) is 11.3 Å². The summed E-state index contributed by atoms with van der Waals surface area (Å²) in [6.07, 6.45) is -0.982. The third-order valence-electron chi connectivity index (χ3n) is 6.02. The van der Waals surface area contributed by atoms with Crippen LogP contribution in [0.3, 0.4) is 0 Å². The Hall–Kier alpha value is -3.71. The first-order valence-electron chi connectivity index (χ1n) is 11.1. The fourth-order valence-corrected chi connectivity index (χ4v) is 4.41. The molecule has 13 heteroatoms. The molecule has 0 N–H and O–H groups in total. The van der Waals surface area contributed by atoms with Crippen LogP contribution in [0.4, 0.5) is 18.9 Å². The molecule has 0 radical (unpaired) electrons. The highest BCUT2D eigenvalue weighted by molar-refractivity contribution is 6.10. The van der Waals surface area contributed by atoms with Crippen LogP contribution in [-0.4, -0.2) is 77.3 Å². The number of hydrogen-bond donors (Lipinski definition) is 0. The lowest BCUT2D eigenvalue weighted by molar-refractivity contribution is -0.142. The van der Waals surface area contributed by atoms with Crippen molar-refractivity contribution in [1.82, 2.24) is 24.6 Å². The zero-order valence-corrected chi connectivity index (χ0v) is 19.5. The minimum Gasteiger partial charge on any atom is -0.491 e. The minimum atomic E-state index is -4.44. The number of aromatic nitrogens is 4. The predicted octanol–water partition coefficient (Wildman–Crippen LogP) is 2.91. The lowest BCUT2D eigenvalue weighted by Gasteiger charge is -2.36. The molecule has 36 heavy (non-hydrogen) atoms. The Kier molecular flexibility index (Phi) is 6.26. The van der Waals surface area contributed by atoms with E-state index in [0.29, 0.717) is 60.4 Å². The summed E-state index contributed by atoms with van der Waals surface area (Å²) >= 11 is 0. The van der Waals surface area contributed by atoms with Crippen LogP contribution in [-0.2, 0) is 11.3 Å². The van der Waals surface area contributed by atoms with Gasteiger partial charge in [-0.1, -0.05) is 0 Å². The van der Waals surface area contributed by atoms with Gasteiger partial charge in [-0.25, -0.2) is 9.97 Å². The number of rotatable bonds is 6. The molecule has 0 bridgehead atoms. The van der Waals surface area contributed by atoms with E-state index in [2.05, 4.69) is 10.1 Å². The van der Waals surface area contributed by atoms with Crippen molar-refractivity contribution >= 4 is 11.6 Å². The van der Waals surface area contributed by atoms with Crippen molar-refractivity contribution < 1.29 is 32.2 Å². The molecule has 5 rings (SSSR count). The number of amides is 1. The fourth-order valence-electron chi connectivity index (χ4n) is 4.41. The van der Waals surface area contributed by atoms with Gasteiger partial charge < -0.3 is 14.2 Å². The number of nitrogens with zero attached hydrogens (tertiary/aromatic N) is 6. The van der Waals surface area contributed by atoms with Crippen molar-refractivity contribution in [2.75, 3.05) is 45.4 Å².